The third-order valence-corrected chi connectivity index (χ3v) is 10.0. The summed E-state index contributed by atoms with van der Waals surface area (Å²) >= 11 is 0. The van der Waals surface area contributed by atoms with Gasteiger partial charge in [-0.05, 0) is 102 Å². The second-order valence-corrected chi connectivity index (χ2v) is 14.6. The van der Waals surface area contributed by atoms with E-state index in [4.69, 9.17) is 9.47 Å². The van der Waals surface area contributed by atoms with Crippen molar-refractivity contribution in [1.82, 2.24) is 15.3 Å². The van der Waals surface area contributed by atoms with E-state index in [1.54, 1.807) is 33.2 Å². The molecule has 12 heteroatoms. The van der Waals surface area contributed by atoms with E-state index in [0.717, 1.165) is 37.3 Å². The Hall–Kier alpha value is -3.28. The van der Waals surface area contributed by atoms with Crippen LogP contribution in [0.4, 0.5) is 25.6 Å². The number of nitrogens with one attached hydrogen (secondary N) is 2. The molecule has 216 valence electrons. The lowest BCUT2D eigenvalue weighted by Gasteiger charge is -2.18. The highest BCUT2D eigenvalue weighted by atomic mass is 32.2. The molecule has 2 N–H and O–H groups in total. The van der Waals surface area contributed by atoms with Crippen LogP contribution in [0.2, 0.25) is 0 Å². The van der Waals surface area contributed by atoms with E-state index in [1.165, 1.54) is 12.1 Å². The number of aromatic nitrogens is 2. The maximum Gasteiger partial charge on any atom is 0.442 e. The second-order valence-electron chi connectivity index (χ2n) is 12.2. The van der Waals surface area contributed by atoms with Crippen molar-refractivity contribution in [3.05, 3.63) is 42.0 Å². The Morgan fingerprint density at radius 1 is 1.12 bits per heavy atom. The third-order valence-electron chi connectivity index (χ3n) is 7.31. The molecule has 2 aromatic rings. The van der Waals surface area contributed by atoms with Crippen LogP contribution in [-0.2, 0) is 19.2 Å². The van der Waals surface area contributed by atoms with Crippen molar-refractivity contribution in [2.24, 2.45) is 4.36 Å². The quantitative estimate of drug-likeness (QED) is 0.400. The molecular weight excluding hydrogens is 537 g/mol. The van der Waals surface area contributed by atoms with Crippen LogP contribution < -0.4 is 10.6 Å². The predicted molar refractivity (Wildman–Crippen MR) is 147 cm³/mol. The van der Waals surface area contributed by atoms with Gasteiger partial charge >= 0.3 is 12.2 Å². The molecule has 0 bridgehead atoms. The number of hydrogen-bond acceptors (Lipinski definition) is 8. The molecule has 3 atom stereocenters. The number of carbonyl (C=O) groups is 2. The smallest absolute Gasteiger partial charge is 0.442 e. The van der Waals surface area contributed by atoms with Crippen LogP contribution in [0, 0.1) is 5.82 Å². The van der Waals surface area contributed by atoms with E-state index in [1.807, 2.05) is 6.92 Å². The molecule has 0 saturated heterocycles. The fraction of sp³-hybridized carbons (Fsp3) is 0.571. The number of amides is 2. The van der Waals surface area contributed by atoms with Crippen molar-refractivity contribution in [3.8, 4) is 0 Å². The molecule has 0 aliphatic heterocycles. The van der Waals surface area contributed by atoms with Crippen LogP contribution in [0.5, 0.6) is 0 Å². The Morgan fingerprint density at radius 3 is 2.42 bits per heavy atom. The Labute approximate surface area is 234 Å². The number of carbonyl (C=O) groups excluding carboxylic acids is 2. The SMILES string of the molecule is CC1(NC(=O)O[C@H]2CC[C@@H](c3cnc(Nc4ccc(S(=O)(=NC(=O)OC(C)(C)C)C5CC5)cc4F)nc3)C2)CC1. The maximum absolute atomic E-state index is 15.1. The molecule has 0 spiro atoms. The molecule has 0 radical (unpaired) electrons. The Bertz CT molecular complexity index is 1410. The highest BCUT2D eigenvalue weighted by Crippen LogP contribution is 2.38. The lowest BCUT2D eigenvalue weighted by atomic mass is 10.0. The van der Waals surface area contributed by atoms with Crippen LogP contribution >= 0.6 is 0 Å². The molecule has 2 amide bonds. The summed E-state index contributed by atoms with van der Waals surface area (Å²) in [6, 6.07) is 4.09. The van der Waals surface area contributed by atoms with Gasteiger partial charge in [0.1, 0.15) is 17.5 Å². The maximum atomic E-state index is 15.1. The van der Waals surface area contributed by atoms with Gasteiger partial charge in [0.15, 0.2) is 0 Å². The average Bonchev–Trinajstić information content (AvgIpc) is 3.79. The number of benzene rings is 1. The van der Waals surface area contributed by atoms with Crippen molar-refractivity contribution in [2.45, 2.75) is 106 Å². The number of ether oxygens (including phenoxy) is 2. The van der Waals surface area contributed by atoms with Gasteiger partial charge in [0.25, 0.3) is 0 Å². The van der Waals surface area contributed by atoms with Gasteiger partial charge in [-0.25, -0.2) is 28.2 Å². The standard InChI is InChI=1S/C28H36FN5O5S/c1-27(2,3)39-26(36)34-40(37,20-7-8-20)21-9-10-23(22(29)14-21)32-24-30-15-18(16-31-24)17-5-6-19(13-17)38-25(35)33-28(4)11-12-28/h9-10,14-17,19-20H,5-8,11-13H2,1-4H3,(H,33,35)(H,30,31,32)/t17-,19+,40?/m1/s1. The summed E-state index contributed by atoms with van der Waals surface area (Å²) in [5, 5.41) is 5.46. The first-order valence-corrected chi connectivity index (χ1v) is 15.3. The van der Waals surface area contributed by atoms with Gasteiger partial charge in [0.05, 0.1) is 20.3 Å². The summed E-state index contributed by atoms with van der Waals surface area (Å²) in [6.45, 7) is 7.10. The Morgan fingerprint density at radius 2 is 1.82 bits per heavy atom. The number of rotatable bonds is 7. The third kappa shape index (κ3) is 6.89. The van der Waals surface area contributed by atoms with Crippen molar-refractivity contribution >= 4 is 33.6 Å². The van der Waals surface area contributed by atoms with Gasteiger partial charge in [0, 0.05) is 23.2 Å². The van der Waals surface area contributed by atoms with E-state index in [2.05, 4.69) is 25.0 Å². The van der Waals surface area contributed by atoms with Crippen molar-refractivity contribution < 1.29 is 27.7 Å². The highest BCUT2D eigenvalue weighted by molar-refractivity contribution is 7.94. The molecule has 5 rings (SSSR count). The highest BCUT2D eigenvalue weighted by Gasteiger charge is 2.40. The van der Waals surface area contributed by atoms with Crippen LogP contribution in [-0.4, -0.2) is 48.9 Å². The van der Waals surface area contributed by atoms with Crippen LogP contribution in [0.15, 0.2) is 39.9 Å². The van der Waals surface area contributed by atoms with Crippen LogP contribution in [0.25, 0.3) is 0 Å². The molecule has 1 aromatic heterocycles. The van der Waals surface area contributed by atoms with Crippen LogP contribution in [0.3, 0.4) is 0 Å². The van der Waals surface area contributed by atoms with Gasteiger partial charge < -0.3 is 20.1 Å². The van der Waals surface area contributed by atoms with Gasteiger partial charge in [-0.15, -0.1) is 4.36 Å². The topological polar surface area (TPSA) is 132 Å². The Balaban J connectivity index is 1.21. The van der Waals surface area contributed by atoms with Gasteiger partial charge in [0.2, 0.25) is 5.95 Å². The van der Waals surface area contributed by atoms with Crippen LogP contribution in [0.1, 0.15) is 84.1 Å². The minimum atomic E-state index is -3.17. The summed E-state index contributed by atoms with van der Waals surface area (Å²) in [7, 11) is -3.17. The fourth-order valence-corrected chi connectivity index (χ4v) is 6.91. The Kier molecular flexibility index (Phi) is 7.49. The lowest BCUT2D eigenvalue weighted by Crippen LogP contribution is -2.36. The fourth-order valence-electron chi connectivity index (χ4n) is 4.70. The second kappa shape index (κ2) is 10.6. The first-order chi connectivity index (χ1) is 18.8. The minimum absolute atomic E-state index is 0.107. The largest absolute Gasteiger partial charge is 0.446 e. The average molecular weight is 574 g/mol. The number of hydrogen-bond donors (Lipinski definition) is 2. The number of halogens is 1. The molecule has 3 aliphatic carbocycles. The molecule has 1 heterocycles. The monoisotopic (exact) mass is 573 g/mol. The van der Waals surface area contributed by atoms with E-state index in [0.29, 0.717) is 19.3 Å². The zero-order chi connectivity index (χ0) is 28.7. The summed E-state index contributed by atoms with van der Waals surface area (Å²) in [5.41, 5.74) is 0.139. The van der Waals surface area contributed by atoms with E-state index in [-0.39, 0.29) is 45.4 Å². The normalized spacial score (nSPS) is 23.0. The number of alkyl carbamates (subject to hydrolysis) is 1. The van der Waals surface area contributed by atoms with E-state index < -0.39 is 27.2 Å². The number of nitrogens with zero attached hydrogens (tertiary/aromatic N) is 3. The molecule has 1 unspecified atom stereocenters. The molecule has 10 nitrogen and oxygen atoms in total. The van der Waals surface area contributed by atoms with Gasteiger partial charge in [-0.3, -0.25) is 0 Å². The van der Waals surface area contributed by atoms with E-state index >= 15 is 4.39 Å². The zero-order valence-corrected chi connectivity index (χ0v) is 24.1. The molecule has 3 aliphatic rings. The summed E-state index contributed by atoms with van der Waals surface area (Å²) in [5.74, 6) is -0.282. The molecule has 3 fully saturated rings. The predicted octanol–water partition coefficient (Wildman–Crippen LogP) is 6.20. The van der Waals surface area contributed by atoms with Gasteiger partial charge in [-0.2, -0.15) is 0 Å². The van der Waals surface area contributed by atoms with Crippen molar-refractivity contribution in [1.29, 1.82) is 0 Å². The minimum Gasteiger partial charge on any atom is -0.446 e. The molecular formula is C28H36FN5O5S. The van der Waals surface area contributed by atoms with E-state index in [9.17, 15) is 13.8 Å². The lowest BCUT2D eigenvalue weighted by molar-refractivity contribution is 0.0607. The summed E-state index contributed by atoms with van der Waals surface area (Å²) in [4.78, 5) is 33.2. The molecule has 40 heavy (non-hydrogen) atoms. The van der Waals surface area contributed by atoms with Crippen molar-refractivity contribution in [2.75, 3.05) is 5.32 Å². The summed E-state index contributed by atoms with van der Waals surface area (Å²) in [6.07, 6.45) is 7.54. The summed E-state index contributed by atoms with van der Waals surface area (Å²) < 4.78 is 43.5. The number of anilines is 2. The molecule has 1 aromatic carbocycles. The molecule has 3 saturated carbocycles. The van der Waals surface area contributed by atoms with Crippen molar-refractivity contribution in [3.63, 3.8) is 0 Å². The first-order valence-electron chi connectivity index (χ1n) is 13.7. The zero-order valence-electron chi connectivity index (χ0n) is 23.2. The van der Waals surface area contributed by atoms with Gasteiger partial charge in [-0.1, -0.05) is 0 Å². The first kappa shape index (κ1) is 28.3.